The summed E-state index contributed by atoms with van der Waals surface area (Å²) in [6.45, 7) is 0. The first-order valence-corrected chi connectivity index (χ1v) is 18.2. The lowest BCUT2D eigenvalue weighted by molar-refractivity contribution is 0.617. The maximum absolute atomic E-state index is 5.00. The molecule has 0 saturated heterocycles. The molecule has 1 aliphatic carbocycles. The van der Waals surface area contributed by atoms with E-state index < -0.39 is 0 Å². The Kier molecular flexibility index (Phi) is 7.42. The molecule has 52 heavy (non-hydrogen) atoms. The van der Waals surface area contributed by atoms with Crippen LogP contribution in [-0.4, -0.2) is 15.0 Å². The molecule has 0 amide bonds. The highest BCUT2D eigenvalue weighted by atomic mass is 15.0. The van der Waals surface area contributed by atoms with Crippen LogP contribution in [0.4, 0.5) is 0 Å². The van der Waals surface area contributed by atoms with Gasteiger partial charge in [-0.1, -0.05) is 164 Å². The molecular weight excluding hydrogens is 631 g/mol. The summed E-state index contributed by atoms with van der Waals surface area (Å²) in [7, 11) is 0. The highest BCUT2D eigenvalue weighted by Crippen LogP contribution is 2.48. The average Bonchev–Trinajstić information content (AvgIpc) is 3.23. The summed E-state index contributed by atoms with van der Waals surface area (Å²) in [5.74, 6) is 2.45. The molecule has 1 unspecified atom stereocenters. The van der Waals surface area contributed by atoms with E-state index >= 15 is 0 Å². The minimum absolute atomic E-state index is 0.398. The summed E-state index contributed by atoms with van der Waals surface area (Å²) in [5, 5.41) is 8.00. The largest absolute Gasteiger partial charge is 0.208 e. The predicted octanol–water partition coefficient (Wildman–Crippen LogP) is 12.3. The molecule has 0 bridgehead atoms. The summed E-state index contributed by atoms with van der Waals surface area (Å²) in [4.78, 5) is 14.9. The monoisotopic (exact) mass is 665 g/mol. The highest BCUT2D eigenvalue weighted by Gasteiger charge is 2.27. The fraction of sp³-hybridized carbons (Fsp3) is 0.0816. The standard InChI is InChI=1S/C49H35N3/c1-3-15-33(16-4-1)47-50-48(34-17-5-2-6-18-34)52-49(51-47)37-20-13-14-32(30-37)26-27-36-31-35-19-7-8-21-38(35)45-39(36)28-29-44-42-24-10-9-22-40(42)41-23-11-12-25-43(41)46(44)45/h1-25,28-30,36H,26-27,31H2. The third-order valence-electron chi connectivity index (χ3n) is 10.8. The Morgan fingerprint density at radius 1 is 0.442 bits per heavy atom. The number of rotatable bonds is 6. The van der Waals surface area contributed by atoms with Crippen LogP contribution in [-0.2, 0) is 12.8 Å². The first-order valence-electron chi connectivity index (χ1n) is 18.2. The quantitative estimate of drug-likeness (QED) is 0.166. The van der Waals surface area contributed by atoms with Gasteiger partial charge in [0.05, 0.1) is 0 Å². The van der Waals surface area contributed by atoms with E-state index in [9.17, 15) is 0 Å². The number of fused-ring (bicyclic) bond motifs is 10. The first-order chi connectivity index (χ1) is 25.8. The van der Waals surface area contributed by atoms with Gasteiger partial charge >= 0.3 is 0 Å². The Morgan fingerprint density at radius 2 is 0.962 bits per heavy atom. The van der Waals surface area contributed by atoms with Crippen molar-refractivity contribution in [2.45, 2.75) is 25.2 Å². The smallest absolute Gasteiger partial charge is 0.164 e. The number of hydrogen-bond acceptors (Lipinski definition) is 3. The van der Waals surface area contributed by atoms with Crippen LogP contribution in [0.5, 0.6) is 0 Å². The van der Waals surface area contributed by atoms with E-state index in [4.69, 9.17) is 15.0 Å². The molecule has 246 valence electrons. The van der Waals surface area contributed by atoms with Gasteiger partial charge in [0, 0.05) is 16.7 Å². The topological polar surface area (TPSA) is 38.7 Å². The van der Waals surface area contributed by atoms with Gasteiger partial charge in [-0.2, -0.15) is 0 Å². The van der Waals surface area contributed by atoms with Crippen LogP contribution in [0.1, 0.15) is 29.0 Å². The molecule has 0 fully saturated rings. The van der Waals surface area contributed by atoms with Gasteiger partial charge in [0.25, 0.3) is 0 Å². The summed E-state index contributed by atoms with van der Waals surface area (Å²) >= 11 is 0. The third kappa shape index (κ3) is 5.25. The Hall–Kier alpha value is -6.45. The molecule has 1 aromatic heterocycles. The zero-order chi connectivity index (χ0) is 34.4. The van der Waals surface area contributed by atoms with Gasteiger partial charge in [-0.05, 0) is 91.4 Å². The van der Waals surface area contributed by atoms with Crippen molar-refractivity contribution < 1.29 is 0 Å². The molecule has 3 nitrogen and oxygen atoms in total. The molecule has 0 aliphatic heterocycles. The molecule has 10 rings (SSSR count). The second-order valence-electron chi connectivity index (χ2n) is 13.9. The van der Waals surface area contributed by atoms with Gasteiger partial charge in [-0.15, -0.1) is 0 Å². The van der Waals surface area contributed by atoms with E-state index in [1.807, 2.05) is 36.4 Å². The van der Waals surface area contributed by atoms with E-state index in [0.29, 0.717) is 23.4 Å². The number of aryl methyl sites for hydroxylation is 1. The van der Waals surface area contributed by atoms with Crippen molar-refractivity contribution in [2.24, 2.45) is 0 Å². The van der Waals surface area contributed by atoms with E-state index in [1.54, 1.807) is 0 Å². The Morgan fingerprint density at radius 3 is 1.63 bits per heavy atom. The third-order valence-corrected chi connectivity index (χ3v) is 10.8. The first kappa shape index (κ1) is 30.4. The van der Waals surface area contributed by atoms with E-state index in [1.165, 1.54) is 60.1 Å². The maximum atomic E-state index is 5.00. The molecule has 0 N–H and O–H groups in total. The predicted molar refractivity (Wildman–Crippen MR) is 215 cm³/mol. The van der Waals surface area contributed by atoms with Crippen LogP contribution in [0.2, 0.25) is 0 Å². The van der Waals surface area contributed by atoms with Crippen LogP contribution < -0.4 is 0 Å². The second-order valence-corrected chi connectivity index (χ2v) is 13.9. The number of aromatic nitrogens is 3. The van der Waals surface area contributed by atoms with Crippen molar-refractivity contribution in [3.05, 3.63) is 187 Å². The lowest BCUT2D eigenvalue weighted by atomic mass is 9.74. The second kappa shape index (κ2) is 12.7. The van der Waals surface area contributed by atoms with Crippen molar-refractivity contribution in [3.63, 3.8) is 0 Å². The van der Waals surface area contributed by atoms with Gasteiger partial charge in [-0.25, -0.2) is 15.0 Å². The van der Waals surface area contributed by atoms with Gasteiger partial charge in [-0.3, -0.25) is 0 Å². The Bertz CT molecular complexity index is 2680. The fourth-order valence-electron chi connectivity index (χ4n) is 8.36. The fourth-order valence-corrected chi connectivity index (χ4v) is 8.36. The molecule has 8 aromatic carbocycles. The van der Waals surface area contributed by atoms with E-state index in [2.05, 4.69) is 133 Å². The van der Waals surface area contributed by atoms with Crippen LogP contribution >= 0.6 is 0 Å². The average molecular weight is 666 g/mol. The van der Waals surface area contributed by atoms with Gasteiger partial charge in [0.15, 0.2) is 17.5 Å². The van der Waals surface area contributed by atoms with Gasteiger partial charge < -0.3 is 0 Å². The zero-order valence-corrected chi connectivity index (χ0v) is 28.7. The molecule has 1 atom stereocenters. The summed E-state index contributed by atoms with van der Waals surface area (Å²) in [5.41, 5.74) is 9.93. The molecule has 1 heterocycles. The van der Waals surface area contributed by atoms with Crippen LogP contribution in [0, 0.1) is 0 Å². The van der Waals surface area contributed by atoms with Crippen molar-refractivity contribution in [2.75, 3.05) is 0 Å². The molecule has 0 spiro atoms. The summed E-state index contributed by atoms with van der Waals surface area (Å²) in [6, 6.07) is 60.9. The molecule has 1 aliphatic rings. The molecule has 3 heteroatoms. The minimum atomic E-state index is 0.398. The lowest BCUT2D eigenvalue weighted by Crippen LogP contribution is -2.13. The summed E-state index contributed by atoms with van der Waals surface area (Å²) in [6.07, 6.45) is 3.04. The van der Waals surface area contributed by atoms with Gasteiger partial charge in [0.2, 0.25) is 0 Å². The van der Waals surface area contributed by atoms with Crippen LogP contribution in [0.15, 0.2) is 170 Å². The molecule has 0 saturated carbocycles. The Labute approximate surface area is 303 Å². The van der Waals surface area contributed by atoms with Crippen LogP contribution in [0.3, 0.4) is 0 Å². The normalized spacial score (nSPS) is 13.7. The number of benzene rings is 8. The SMILES string of the molecule is c1ccc(-c2nc(-c3ccccc3)nc(-c3cccc(CCC4Cc5ccccc5-c5c4ccc4c6ccccc6c6ccccc6c54)c3)n2)cc1. The van der Waals surface area contributed by atoms with E-state index in [0.717, 1.165) is 36.0 Å². The van der Waals surface area contributed by atoms with Crippen molar-refractivity contribution in [1.82, 2.24) is 15.0 Å². The molecule has 9 aromatic rings. The van der Waals surface area contributed by atoms with Gasteiger partial charge in [0.1, 0.15) is 0 Å². The zero-order valence-electron chi connectivity index (χ0n) is 28.7. The van der Waals surface area contributed by atoms with Crippen molar-refractivity contribution in [3.8, 4) is 45.3 Å². The lowest BCUT2D eigenvalue weighted by Gasteiger charge is -2.30. The minimum Gasteiger partial charge on any atom is -0.208 e. The van der Waals surface area contributed by atoms with Crippen molar-refractivity contribution >= 4 is 32.3 Å². The maximum Gasteiger partial charge on any atom is 0.164 e. The number of hydrogen-bond donors (Lipinski definition) is 0. The molecular formula is C49H35N3. The molecule has 0 radical (unpaired) electrons. The summed E-state index contributed by atoms with van der Waals surface area (Å²) < 4.78 is 0. The van der Waals surface area contributed by atoms with Crippen LogP contribution in [0.25, 0.3) is 77.6 Å². The highest BCUT2D eigenvalue weighted by molar-refractivity contribution is 6.29. The van der Waals surface area contributed by atoms with E-state index in [-0.39, 0.29) is 0 Å². The Balaban J connectivity index is 1.04. The number of nitrogens with zero attached hydrogens (tertiary/aromatic N) is 3. The van der Waals surface area contributed by atoms with Crippen molar-refractivity contribution in [1.29, 1.82) is 0 Å².